The van der Waals surface area contributed by atoms with Crippen LogP contribution in [-0.2, 0) is 4.79 Å². The first kappa shape index (κ1) is 23.1. The van der Waals surface area contributed by atoms with Gasteiger partial charge in [0.2, 0.25) is 5.60 Å². The Kier molecular flexibility index (Phi) is 7.14. The molecule has 1 aliphatic rings. The van der Waals surface area contributed by atoms with E-state index in [2.05, 4.69) is 29.2 Å². The molecule has 3 aromatic rings. The highest BCUT2D eigenvalue weighted by atomic mass is 32.2. The van der Waals surface area contributed by atoms with E-state index in [0.29, 0.717) is 12.4 Å². The predicted molar refractivity (Wildman–Crippen MR) is 133 cm³/mol. The molecule has 0 aliphatic carbocycles. The second-order valence-corrected chi connectivity index (χ2v) is 9.41. The van der Waals surface area contributed by atoms with Crippen molar-refractivity contribution in [2.45, 2.75) is 30.3 Å². The average Bonchev–Trinajstić information content (AvgIpc) is 2.84. The first-order valence-corrected chi connectivity index (χ1v) is 12.1. The highest BCUT2D eigenvalue weighted by Gasteiger charge is 2.42. The molecule has 1 aliphatic heterocycles. The Morgan fingerprint density at radius 2 is 1.73 bits per heavy atom. The van der Waals surface area contributed by atoms with Gasteiger partial charge in [-0.15, -0.1) is 11.8 Å². The van der Waals surface area contributed by atoms with Crippen LogP contribution >= 0.6 is 11.8 Å². The van der Waals surface area contributed by atoms with E-state index in [0.717, 1.165) is 30.2 Å². The Bertz CT molecular complexity index is 1070. The molecule has 0 amide bonds. The van der Waals surface area contributed by atoms with Gasteiger partial charge in [-0.25, -0.2) is 4.79 Å². The van der Waals surface area contributed by atoms with Gasteiger partial charge in [0.1, 0.15) is 18.1 Å². The number of carbonyl (C=O) groups is 1. The van der Waals surface area contributed by atoms with Crippen LogP contribution in [0.1, 0.15) is 25.3 Å². The SMILES string of the molecule is CC(c1ccc(OCCN2CCSc3ccccc32)cc1)C(C)(Oc1ccccc1)C(=O)O. The number of ether oxygens (including phenoxy) is 2. The van der Waals surface area contributed by atoms with Crippen molar-refractivity contribution in [3.8, 4) is 11.5 Å². The number of thioether (sulfide) groups is 1. The highest BCUT2D eigenvalue weighted by Crippen LogP contribution is 2.35. The molecule has 0 radical (unpaired) electrons. The summed E-state index contributed by atoms with van der Waals surface area (Å²) < 4.78 is 11.9. The van der Waals surface area contributed by atoms with Crippen LogP contribution in [0.3, 0.4) is 0 Å². The molecule has 1 heterocycles. The summed E-state index contributed by atoms with van der Waals surface area (Å²) in [4.78, 5) is 15.8. The minimum Gasteiger partial charge on any atom is -0.492 e. The Labute approximate surface area is 199 Å². The van der Waals surface area contributed by atoms with Gasteiger partial charge in [-0.3, -0.25) is 0 Å². The number of carboxylic acids is 1. The summed E-state index contributed by atoms with van der Waals surface area (Å²) in [5.74, 6) is 1.01. The fourth-order valence-electron chi connectivity index (χ4n) is 3.95. The van der Waals surface area contributed by atoms with Crippen molar-refractivity contribution in [3.05, 3.63) is 84.4 Å². The molecule has 1 N–H and O–H groups in total. The lowest BCUT2D eigenvalue weighted by molar-refractivity contribution is -0.155. The van der Waals surface area contributed by atoms with E-state index < -0.39 is 11.6 Å². The summed E-state index contributed by atoms with van der Waals surface area (Å²) in [5.41, 5.74) is 0.752. The van der Waals surface area contributed by atoms with Crippen molar-refractivity contribution >= 4 is 23.4 Å². The number of para-hydroxylation sites is 2. The molecule has 0 saturated carbocycles. The van der Waals surface area contributed by atoms with Crippen LogP contribution < -0.4 is 14.4 Å². The lowest BCUT2D eigenvalue weighted by atomic mass is 9.84. The molecular weight excluding hydrogens is 434 g/mol. The van der Waals surface area contributed by atoms with Crippen molar-refractivity contribution in [2.75, 3.05) is 30.3 Å². The molecule has 33 heavy (non-hydrogen) atoms. The van der Waals surface area contributed by atoms with E-state index in [1.807, 2.05) is 61.2 Å². The van der Waals surface area contributed by atoms with Crippen LogP contribution in [0.2, 0.25) is 0 Å². The van der Waals surface area contributed by atoms with Gasteiger partial charge in [0, 0.05) is 23.1 Å². The van der Waals surface area contributed by atoms with E-state index in [1.165, 1.54) is 10.6 Å². The molecule has 6 heteroatoms. The molecule has 0 saturated heterocycles. The summed E-state index contributed by atoms with van der Waals surface area (Å²) in [6, 6.07) is 25.2. The first-order valence-electron chi connectivity index (χ1n) is 11.1. The average molecular weight is 464 g/mol. The van der Waals surface area contributed by atoms with Crippen molar-refractivity contribution in [3.63, 3.8) is 0 Å². The Morgan fingerprint density at radius 1 is 1.03 bits per heavy atom. The lowest BCUT2D eigenvalue weighted by Crippen LogP contribution is -2.46. The minimum atomic E-state index is -1.40. The molecule has 0 bridgehead atoms. The largest absolute Gasteiger partial charge is 0.492 e. The zero-order chi connectivity index (χ0) is 23.3. The van der Waals surface area contributed by atoms with Crippen LogP contribution in [0.15, 0.2) is 83.8 Å². The maximum absolute atomic E-state index is 12.1. The van der Waals surface area contributed by atoms with Gasteiger partial charge in [-0.05, 0) is 48.9 Å². The van der Waals surface area contributed by atoms with Crippen LogP contribution in [0, 0.1) is 0 Å². The predicted octanol–water partition coefficient (Wildman–Crippen LogP) is 5.70. The van der Waals surface area contributed by atoms with E-state index in [1.54, 1.807) is 19.1 Å². The topological polar surface area (TPSA) is 59.0 Å². The summed E-state index contributed by atoms with van der Waals surface area (Å²) in [5, 5.41) is 9.93. The zero-order valence-electron chi connectivity index (χ0n) is 18.9. The van der Waals surface area contributed by atoms with Crippen LogP contribution in [-0.4, -0.2) is 42.1 Å². The number of rotatable bonds is 9. The second-order valence-electron chi connectivity index (χ2n) is 8.27. The van der Waals surface area contributed by atoms with Crippen LogP contribution in [0.25, 0.3) is 0 Å². The van der Waals surface area contributed by atoms with Crippen molar-refractivity contribution in [1.82, 2.24) is 0 Å². The lowest BCUT2D eigenvalue weighted by Gasteiger charge is -2.32. The number of hydrogen-bond acceptors (Lipinski definition) is 5. The third-order valence-corrected chi connectivity index (χ3v) is 7.20. The number of anilines is 1. The molecule has 0 aromatic heterocycles. The molecule has 0 spiro atoms. The molecule has 2 unspecified atom stereocenters. The summed E-state index contributed by atoms with van der Waals surface area (Å²) in [6.07, 6.45) is 0. The van der Waals surface area contributed by atoms with Crippen molar-refractivity contribution in [2.24, 2.45) is 0 Å². The number of fused-ring (bicyclic) bond motifs is 1. The van der Waals surface area contributed by atoms with Gasteiger partial charge in [-0.1, -0.05) is 49.4 Å². The van der Waals surface area contributed by atoms with E-state index >= 15 is 0 Å². The van der Waals surface area contributed by atoms with Crippen molar-refractivity contribution in [1.29, 1.82) is 0 Å². The quantitative estimate of drug-likeness (QED) is 0.439. The molecule has 172 valence electrons. The van der Waals surface area contributed by atoms with Crippen LogP contribution in [0.5, 0.6) is 11.5 Å². The number of hydrogen-bond donors (Lipinski definition) is 1. The molecule has 4 rings (SSSR count). The Balaban J connectivity index is 1.38. The number of nitrogens with zero attached hydrogens (tertiary/aromatic N) is 1. The first-order chi connectivity index (χ1) is 16.0. The van der Waals surface area contributed by atoms with Gasteiger partial charge in [-0.2, -0.15) is 0 Å². The number of aliphatic carboxylic acids is 1. The van der Waals surface area contributed by atoms with E-state index in [4.69, 9.17) is 9.47 Å². The fraction of sp³-hybridized carbons (Fsp3) is 0.296. The third-order valence-electron chi connectivity index (χ3n) is 6.16. The van der Waals surface area contributed by atoms with Crippen molar-refractivity contribution < 1.29 is 19.4 Å². The smallest absolute Gasteiger partial charge is 0.348 e. The van der Waals surface area contributed by atoms with Gasteiger partial charge >= 0.3 is 5.97 Å². The van der Waals surface area contributed by atoms with Gasteiger partial charge in [0.25, 0.3) is 0 Å². The monoisotopic (exact) mass is 463 g/mol. The highest BCUT2D eigenvalue weighted by molar-refractivity contribution is 7.99. The summed E-state index contributed by atoms with van der Waals surface area (Å²) >= 11 is 1.90. The molecule has 5 nitrogen and oxygen atoms in total. The molecule has 2 atom stereocenters. The molecule has 0 fully saturated rings. The third kappa shape index (κ3) is 5.28. The Morgan fingerprint density at radius 3 is 2.45 bits per heavy atom. The summed E-state index contributed by atoms with van der Waals surface area (Å²) in [7, 11) is 0. The number of benzene rings is 3. The normalized spacial score (nSPS) is 15.8. The van der Waals surface area contributed by atoms with E-state index in [9.17, 15) is 9.90 Å². The van der Waals surface area contributed by atoms with Gasteiger partial charge in [0.05, 0.1) is 12.2 Å². The second kappa shape index (κ2) is 10.2. The zero-order valence-corrected chi connectivity index (χ0v) is 19.8. The molecular formula is C27H29NO4S. The maximum atomic E-state index is 12.1. The number of carboxylic acid groups (broad SMARTS) is 1. The van der Waals surface area contributed by atoms with Crippen LogP contribution in [0.4, 0.5) is 5.69 Å². The Hall–Kier alpha value is -3.12. The molecule has 3 aromatic carbocycles. The summed E-state index contributed by atoms with van der Waals surface area (Å²) in [6.45, 7) is 5.90. The van der Waals surface area contributed by atoms with E-state index in [-0.39, 0.29) is 5.92 Å². The standard InChI is InChI=1S/C27H29NO4S/c1-20(27(2,26(29)30)32-23-8-4-3-5-9-23)21-12-14-22(15-13-21)31-18-16-28-17-19-33-25-11-7-6-10-24(25)28/h3-15,20H,16-19H2,1-2H3,(H,29,30). The maximum Gasteiger partial charge on any atom is 0.348 e. The minimum absolute atomic E-state index is 0.369. The fourth-order valence-corrected chi connectivity index (χ4v) is 5.01. The van der Waals surface area contributed by atoms with Gasteiger partial charge < -0.3 is 19.5 Å². The van der Waals surface area contributed by atoms with Gasteiger partial charge in [0.15, 0.2) is 0 Å².